The first-order chi connectivity index (χ1) is 7.29. The van der Waals surface area contributed by atoms with Gasteiger partial charge in [0.2, 0.25) is 0 Å². The molecule has 1 atom stereocenters. The average Bonchev–Trinajstić information content (AvgIpc) is 2.15. The van der Waals surface area contributed by atoms with E-state index in [0.29, 0.717) is 5.56 Å². The first-order valence-electron chi connectivity index (χ1n) is 5.03. The van der Waals surface area contributed by atoms with E-state index in [1.807, 2.05) is 0 Å². The highest BCUT2D eigenvalue weighted by molar-refractivity contribution is 5.77. The van der Waals surface area contributed by atoms with E-state index in [-0.39, 0.29) is 5.82 Å². The van der Waals surface area contributed by atoms with Gasteiger partial charge < -0.3 is 10.5 Å². The monoisotopic (exact) mass is 225 g/mol. The summed E-state index contributed by atoms with van der Waals surface area (Å²) in [6.07, 6.45) is 0. The van der Waals surface area contributed by atoms with Crippen molar-refractivity contribution >= 4 is 5.97 Å². The maximum absolute atomic E-state index is 12.7. The number of hydrogen-bond donors (Lipinski definition) is 1. The largest absolute Gasteiger partial charge is 0.459 e. The van der Waals surface area contributed by atoms with E-state index in [0.717, 1.165) is 0 Å². The maximum atomic E-state index is 12.7. The van der Waals surface area contributed by atoms with Crippen molar-refractivity contribution in [3.05, 3.63) is 35.6 Å². The molecular weight excluding hydrogens is 209 g/mol. The van der Waals surface area contributed by atoms with Crippen LogP contribution in [-0.2, 0) is 9.53 Å². The van der Waals surface area contributed by atoms with Crippen LogP contribution in [0.1, 0.15) is 32.4 Å². The minimum atomic E-state index is -0.875. The van der Waals surface area contributed by atoms with Gasteiger partial charge in [-0.05, 0) is 38.5 Å². The topological polar surface area (TPSA) is 52.3 Å². The molecule has 0 aromatic heterocycles. The third kappa shape index (κ3) is 3.62. The third-order valence-electron chi connectivity index (χ3n) is 1.89. The lowest BCUT2D eigenvalue weighted by molar-refractivity contribution is -0.156. The number of nitrogens with two attached hydrogens (primary N) is 1. The molecule has 0 aliphatic carbocycles. The normalized spacial score (nSPS) is 13.3. The molecule has 0 spiro atoms. The van der Waals surface area contributed by atoms with Gasteiger partial charge in [-0.1, -0.05) is 12.1 Å². The van der Waals surface area contributed by atoms with Gasteiger partial charge >= 0.3 is 5.97 Å². The van der Waals surface area contributed by atoms with Gasteiger partial charge in [0.1, 0.15) is 17.5 Å². The predicted octanol–water partition coefficient (Wildman–Crippen LogP) is 2.17. The van der Waals surface area contributed by atoms with Crippen LogP contribution in [-0.4, -0.2) is 11.6 Å². The summed E-state index contributed by atoms with van der Waals surface area (Å²) in [4.78, 5) is 11.6. The molecule has 88 valence electrons. The average molecular weight is 225 g/mol. The molecule has 1 rings (SSSR count). The first-order valence-corrected chi connectivity index (χ1v) is 5.03. The van der Waals surface area contributed by atoms with Crippen LogP contribution >= 0.6 is 0 Å². The van der Waals surface area contributed by atoms with Crippen LogP contribution in [0.15, 0.2) is 24.3 Å². The summed E-state index contributed by atoms with van der Waals surface area (Å²) >= 11 is 0. The number of ether oxygens (including phenoxy) is 1. The highest BCUT2D eigenvalue weighted by Crippen LogP contribution is 2.16. The third-order valence-corrected chi connectivity index (χ3v) is 1.89. The Labute approximate surface area is 94.4 Å². The van der Waals surface area contributed by atoms with E-state index in [9.17, 15) is 9.18 Å². The van der Waals surface area contributed by atoms with Crippen LogP contribution in [0.5, 0.6) is 0 Å². The standard InChI is InChI=1S/C12H16FNO2/c1-12(2,3)16-11(15)10(14)8-4-6-9(13)7-5-8/h4-7,10H,14H2,1-3H3. The lowest BCUT2D eigenvalue weighted by Crippen LogP contribution is -2.31. The van der Waals surface area contributed by atoms with Gasteiger partial charge in [-0.2, -0.15) is 0 Å². The van der Waals surface area contributed by atoms with E-state index >= 15 is 0 Å². The SMILES string of the molecule is CC(C)(C)OC(=O)C(N)c1ccc(F)cc1. The number of benzene rings is 1. The van der Waals surface area contributed by atoms with Gasteiger partial charge in [0.15, 0.2) is 0 Å². The molecule has 0 radical (unpaired) electrons. The summed E-state index contributed by atoms with van der Waals surface area (Å²) < 4.78 is 17.8. The molecular formula is C12H16FNO2. The van der Waals surface area contributed by atoms with Gasteiger partial charge in [-0.15, -0.1) is 0 Å². The summed E-state index contributed by atoms with van der Waals surface area (Å²) in [6.45, 7) is 5.30. The fourth-order valence-electron chi connectivity index (χ4n) is 1.17. The summed E-state index contributed by atoms with van der Waals surface area (Å²) in [5.74, 6) is -0.876. The van der Waals surface area contributed by atoms with Crippen molar-refractivity contribution in [3.8, 4) is 0 Å². The number of rotatable bonds is 2. The quantitative estimate of drug-likeness (QED) is 0.785. The van der Waals surface area contributed by atoms with E-state index in [1.54, 1.807) is 20.8 Å². The van der Waals surface area contributed by atoms with Gasteiger partial charge in [0, 0.05) is 0 Å². The lowest BCUT2D eigenvalue weighted by atomic mass is 10.1. The highest BCUT2D eigenvalue weighted by atomic mass is 19.1. The van der Waals surface area contributed by atoms with Crippen molar-refractivity contribution in [1.29, 1.82) is 0 Å². The van der Waals surface area contributed by atoms with Crippen LogP contribution in [0.4, 0.5) is 4.39 Å². The van der Waals surface area contributed by atoms with Crippen molar-refractivity contribution < 1.29 is 13.9 Å². The molecule has 3 nitrogen and oxygen atoms in total. The fourth-order valence-corrected chi connectivity index (χ4v) is 1.17. The van der Waals surface area contributed by atoms with Crippen molar-refractivity contribution in [1.82, 2.24) is 0 Å². The van der Waals surface area contributed by atoms with E-state index in [1.165, 1.54) is 24.3 Å². The molecule has 0 bridgehead atoms. The Morgan fingerprint density at radius 2 is 1.81 bits per heavy atom. The predicted molar refractivity (Wildman–Crippen MR) is 59.2 cm³/mol. The second-order valence-electron chi connectivity index (χ2n) is 4.56. The number of hydrogen-bond acceptors (Lipinski definition) is 3. The Hall–Kier alpha value is -1.42. The van der Waals surface area contributed by atoms with Crippen molar-refractivity contribution in [2.24, 2.45) is 5.73 Å². The molecule has 1 aromatic carbocycles. The minimum Gasteiger partial charge on any atom is -0.459 e. The second kappa shape index (κ2) is 4.61. The highest BCUT2D eigenvalue weighted by Gasteiger charge is 2.23. The zero-order chi connectivity index (χ0) is 12.3. The zero-order valence-corrected chi connectivity index (χ0v) is 9.66. The maximum Gasteiger partial charge on any atom is 0.328 e. The van der Waals surface area contributed by atoms with Gasteiger partial charge in [0.05, 0.1) is 0 Å². The van der Waals surface area contributed by atoms with Gasteiger partial charge in [-0.3, -0.25) is 0 Å². The Balaban J connectivity index is 2.74. The van der Waals surface area contributed by atoms with Crippen molar-refractivity contribution in [3.63, 3.8) is 0 Å². The van der Waals surface area contributed by atoms with Crippen LogP contribution in [0.3, 0.4) is 0 Å². The lowest BCUT2D eigenvalue weighted by Gasteiger charge is -2.22. The van der Waals surface area contributed by atoms with Crippen molar-refractivity contribution in [2.45, 2.75) is 32.4 Å². The molecule has 16 heavy (non-hydrogen) atoms. The Kier molecular flexibility index (Phi) is 3.65. The number of halogens is 1. The molecule has 1 unspecified atom stereocenters. The molecule has 0 saturated heterocycles. The second-order valence-corrected chi connectivity index (χ2v) is 4.56. The molecule has 0 fully saturated rings. The number of carbonyl (C=O) groups excluding carboxylic acids is 1. The Morgan fingerprint density at radius 1 is 1.31 bits per heavy atom. The van der Waals surface area contributed by atoms with Gasteiger partial charge in [-0.25, -0.2) is 9.18 Å². The van der Waals surface area contributed by atoms with Crippen molar-refractivity contribution in [2.75, 3.05) is 0 Å². The van der Waals surface area contributed by atoms with Crippen LogP contribution in [0.2, 0.25) is 0 Å². The van der Waals surface area contributed by atoms with E-state index in [2.05, 4.69) is 0 Å². The minimum absolute atomic E-state index is 0.361. The number of esters is 1. The van der Waals surface area contributed by atoms with E-state index in [4.69, 9.17) is 10.5 Å². The molecule has 4 heteroatoms. The molecule has 1 aromatic rings. The molecule has 2 N–H and O–H groups in total. The fraction of sp³-hybridized carbons (Fsp3) is 0.417. The molecule has 0 amide bonds. The summed E-state index contributed by atoms with van der Waals surface area (Å²) in [5, 5.41) is 0. The zero-order valence-electron chi connectivity index (χ0n) is 9.66. The van der Waals surface area contributed by atoms with E-state index < -0.39 is 17.6 Å². The summed E-state index contributed by atoms with van der Waals surface area (Å²) in [7, 11) is 0. The molecule has 0 aliphatic rings. The Morgan fingerprint density at radius 3 is 2.25 bits per heavy atom. The van der Waals surface area contributed by atoms with Crippen LogP contribution in [0.25, 0.3) is 0 Å². The first kappa shape index (κ1) is 12.6. The van der Waals surface area contributed by atoms with Gasteiger partial charge in [0.25, 0.3) is 0 Å². The molecule has 0 saturated carbocycles. The van der Waals surface area contributed by atoms with Crippen LogP contribution < -0.4 is 5.73 Å². The smallest absolute Gasteiger partial charge is 0.328 e. The summed E-state index contributed by atoms with van der Waals surface area (Å²) in [5.41, 5.74) is 5.66. The molecule has 0 aliphatic heterocycles. The molecule has 0 heterocycles. The Bertz CT molecular complexity index is 368. The number of carbonyl (C=O) groups is 1. The van der Waals surface area contributed by atoms with Crippen LogP contribution in [0, 0.1) is 5.82 Å². The summed E-state index contributed by atoms with van der Waals surface area (Å²) in [6, 6.07) is 4.60.